The van der Waals surface area contributed by atoms with Gasteiger partial charge in [-0.25, -0.2) is 0 Å². The van der Waals surface area contributed by atoms with Crippen molar-refractivity contribution in [2.45, 2.75) is 20.3 Å². The van der Waals surface area contributed by atoms with Crippen LogP contribution in [-0.4, -0.2) is 18.4 Å². The maximum atomic E-state index is 12.7. The van der Waals surface area contributed by atoms with Gasteiger partial charge < -0.3 is 15.1 Å². The van der Waals surface area contributed by atoms with Gasteiger partial charge in [0.2, 0.25) is 0 Å². The predicted molar refractivity (Wildman–Crippen MR) is 113 cm³/mol. The van der Waals surface area contributed by atoms with Crippen LogP contribution in [0.15, 0.2) is 77.0 Å². The van der Waals surface area contributed by atoms with Crippen LogP contribution >= 0.6 is 0 Å². The number of rotatable bonds is 7. The smallest absolute Gasteiger partial charge is 0.267 e. The third-order valence-electron chi connectivity index (χ3n) is 4.63. The van der Waals surface area contributed by atoms with E-state index in [-0.39, 0.29) is 17.5 Å². The zero-order valence-electron chi connectivity index (χ0n) is 16.6. The van der Waals surface area contributed by atoms with Crippen molar-refractivity contribution in [2.24, 2.45) is 0 Å². The molecule has 0 bridgehead atoms. The SMILES string of the molecule is Cc1ccc(C(=O)NC(=Cc2ccco2)C(=O)NCCc2ccccc2)cc1C. The molecule has 5 nitrogen and oxygen atoms in total. The lowest BCUT2D eigenvalue weighted by atomic mass is 10.1. The molecule has 3 rings (SSSR count). The molecule has 2 amide bonds. The summed E-state index contributed by atoms with van der Waals surface area (Å²) in [7, 11) is 0. The van der Waals surface area contributed by atoms with Crippen molar-refractivity contribution in [2.75, 3.05) is 6.54 Å². The fraction of sp³-hybridized carbons (Fsp3) is 0.167. The van der Waals surface area contributed by atoms with Gasteiger partial charge in [-0.1, -0.05) is 36.4 Å². The highest BCUT2D eigenvalue weighted by Gasteiger charge is 2.15. The van der Waals surface area contributed by atoms with Crippen LogP contribution in [0.2, 0.25) is 0 Å². The Morgan fingerprint density at radius 1 is 0.966 bits per heavy atom. The van der Waals surface area contributed by atoms with Crippen LogP contribution in [0.3, 0.4) is 0 Å². The molecule has 3 aromatic rings. The average molecular weight is 388 g/mol. The molecule has 29 heavy (non-hydrogen) atoms. The number of hydrogen-bond acceptors (Lipinski definition) is 3. The van der Waals surface area contributed by atoms with Crippen LogP contribution in [0.1, 0.15) is 32.8 Å². The second-order valence-electron chi connectivity index (χ2n) is 6.82. The summed E-state index contributed by atoms with van der Waals surface area (Å²) in [5.41, 5.74) is 3.88. The minimum absolute atomic E-state index is 0.135. The molecule has 2 N–H and O–H groups in total. The largest absolute Gasteiger partial charge is 0.465 e. The first-order valence-corrected chi connectivity index (χ1v) is 9.49. The van der Waals surface area contributed by atoms with E-state index in [9.17, 15) is 9.59 Å². The normalized spacial score (nSPS) is 11.2. The van der Waals surface area contributed by atoms with Crippen molar-refractivity contribution in [3.8, 4) is 0 Å². The second-order valence-corrected chi connectivity index (χ2v) is 6.82. The second kappa shape index (κ2) is 9.55. The summed E-state index contributed by atoms with van der Waals surface area (Å²) in [6, 6.07) is 18.8. The van der Waals surface area contributed by atoms with E-state index in [1.807, 2.05) is 56.3 Å². The van der Waals surface area contributed by atoms with E-state index in [0.717, 1.165) is 16.7 Å². The number of carbonyl (C=O) groups is 2. The highest BCUT2D eigenvalue weighted by molar-refractivity contribution is 6.05. The molecule has 0 fully saturated rings. The summed E-state index contributed by atoms with van der Waals surface area (Å²) in [6.07, 6.45) is 3.74. The van der Waals surface area contributed by atoms with Gasteiger partial charge in [0, 0.05) is 18.2 Å². The number of nitrogens with one attached hydrogen (secondary N) is 2. The minimum atomic E-state index is -0.366. The van der Waals surface area contributed by atoms with Gasteiger partial charge in [-0.15, -0.1) is 0 Å². The zero-order chi connectivity index (χ0) is 20.6. The Bertz CT molecular complexity index is 1010. The molecule has 0 spiro atoms. The van der Waals surface area contributed by atoms with E-state index in [4.69, 9.17) is 4.42 Å². The number of hydrogen-bond donors (Lipinski definition) is 2. The quantitative estimate of drug-likeness (QED) is 0.601. The molecular formula is C24H24N2O3. The molecule has 1 aromatic heterocycles. The fourth-order valence-corrected chi connectivity index (χ4v) is 2.81. The van der Waals surface area contributed by atoms with Gasteiger partial charge in [0.1, 0.15) is 11.5 Å². The maximum absolute atomic E-state index is 12.7. The summed E-state index contributed by atoms with van der Waals surface area (Å²) in [6.45, 7) is 4.39. The van der Waals surface area contributed by atoms with E-state index in [0.29, 0.717) is 24.3 Å². The van der Waals surface area contributed by atoms with E-state index >= 15 is 0 Å². The lowest BCUT2D eigenvalue weighted by Gasteiger charge is -2.11. The van der Waals surface area contributed by atoms with Gasteiger partial charge in [-0.2, -0.15) is 0 Å². The van der Waals surface area contributed by atoms with Gasteiger partial charge in [-0.3, -0.25) is 9.59 Å². The summed E-state index contributed by atoms with van der Waals surface area (Å²) in [5, 5.41) is 5.57. The first kappa shape index (κ1) is 20.1. The van der Waals surface area contributed by atoms with Crippen LogP contribution in [0.5, 0.6) is 0 Å². The molecule has 2 aromatic carbocycles. The zero-order valence-corrected chi connectivity index (χ0v) is 16.6. The molecule has 0 saturated carbocycles. The maximum Gasteiger partial charge on any atom is 0.267 e. The topological polar surface area (TPSA) is 71.3 Å². The van der Waals surface area contributed by atoms with Crippen LogP contribution in [-0.2, 0) is 11.2 Å². The van der Waals surface area contributed by atoms with Crippen LogP contribution in [0, 0.1) is 13.8 Å². The summed E-state index contributed by atoms with van der Waals surface area (Å²) < 4.78 is 5.30. The average Bonchev–Trinajstić information content (AvgIpc) is 3.23. The molecule has 148 valence electrons. The van der Waals surface area contributed by atoms with E-state index in [1.54, 1.807) is 18.2 Å². The molecule has 0 aliphatic rings. The van der Waals surface area contributed by atoms with E-state index in [1.165, 1.54) is 12.3 Å². The van der Waals surface area contributed by atoms with E-state index in [2.05, 4.69) is 10.6 Å². The van der Waals surface area contributed by atoms with Crippen molar-refractivity contribution >= 4 is 17.9 Å². The molecular weight excluding hydrogens is 364 g/mol. The van der Waals surface area contributed by atoms with Crippen LogP contribution in [0.4, 0.5) is 0 Å². The third kappa shape index (κ3) is 5.69. The number of benzene rings is 2. The number of furan rings is 1. The summed E-state index contributed by atoms with van der Waals surface area (Å²) in [5.74, 6) is -0.225. The first-order valence-electron chi connectivity index (χ1n) is 9.49. The Hall–Kier alpha value is -3.60. The molecule has 1 heterocycles. The molecule has 5 heteroatoms. The van der Waals surface area contributed by atoms with Gasteiger partial charge in [0.15, 0.2) is 0 Å². The summed E-state index contributed by atoms with van der Waals surface area (Å²) in [4.78, 5) is 25.4. The molecule has 0 unspecified atom stereocenters. The number of amides is 2. The molecule has 0 radical (unpaired) electrons. The third-order valence-corrected chi connectivity index (χ3v) is 4.63. The Morgan fingerprint density at radius 2 is 1.76 bits per heavy atom. The highest BCUT2D eigenvalue weighted by atomic mass is 16.3. The standard InChI is InChI=1S/C24H24N2O3/c1-17-10-11-20(15-18(17)2)23(27)26-22(16-21-9-6-14-29-21)24(28)25-13-12-19-7-4-3-5-8-19/h3-11,14-16H,12-13H2,1-2H3,(H,25,28)(H,26,27). The van der Waals surface area contributed by atoms with Crippen molar-refractivity contribution in [1.29, 1.82) is 0 Å². The van der Waals surface area contributed by atoms with Crippen LogP contribution in [0.25, 0.3) is 6.08 Å². The lowest BCUT2D eigenvalue weighted by molar-refractivity contribution is -0.117. The molecule has 0 atom stereocenters. The van der Waals surface area contributed by atoms with E-state index < -0.39 is 0 Å². The van der Waals surface area contributed by atoms with Crippen molar-refractivity contribution in [3.05, 3.63) is 101 Å². The number of carbonyl (C=O) groups excluding carboxylic acids is 2. The van der Waals surface area contributed by atoms with Gasteiger partial charge in [0.25, 0.3) is 11.8 Å². The van der Waals surface area contributed by atoms with Gasteiger partial charge in [-0.05, 0) is 61.2 Å². The monoisotopic (exact) mass is 388 g/mol. The lowest BCUT2D eigenvalue weighted by Crippen LogP contribution is -2.35. The minimum Gasteiger partial charge on any atom is -0.465 e. The Labute approximate surface area is 170 Å². The van der Waals surface area contributed by atoms with Crippen LogP contribution < -0.4 is 10.6 Å². The van der Waals surface area contributed by atoms with Crippen molar-refractivity contribution in [1.82, 2.24) is 10.6 Å². The predicted octanol–water partition coefficient (Wildman–Crippen LogP) is 4.03. The van der Waals surface area contributed by atoms with Crippen molar-refractivity contribution in [3.63, 3.8) is 0 Å². The first-order chi connectivity index (χ1) is 14.0. The van der Waals surface area contributed by atoms with Crippen molar-refractivity contribution < 1.29 is 14.0 Å². The highest BCUT2D eigenvalue weighted by Crippen LogP contribution is 2.12. The Kier molecular flexibility index (Phi) is 6.63. The Balaban J connectivity index is 1.71. The summed E-state index contributed by atoms with van der Waals surface area (Å²) >= 11 is 0. The van der Waals surface area contributed by atoms with Gasteiger partial charge in [0.05, 0.1) is 6.26 Å². The Morgan fingerprint density at radius 3 is 2.45 bits per heavy atom. The van der Waals surface area contributed by atoms with Gasteiger partial charge >= 0.3 is 0 Å². The molecule has 0 aliphatic heterocycles. The molecule has 0 aliphatic carbocycles. The number of aryl methyl sites for hydroxylation is 2. The molecule has 0 saturated heterocycles. The fourth-order valence-electron chi connectivity index (χ4n) is 2.81.